The van der Waals surface area contributed by atoms with Crippen molar-refractivity contribution in [2.75, 3.05) is 5.32 Å². The van der Waals surface area contributed by atoms with E-state index in [1.807, 2.05) is 19.1 Å². The van der Waals surface area contributed by atoms with E-state index in [4.69, 9.17) is 0 Å². The van der Waals surface area contributed by atoms with Crippen LogP contribution in [0.4, 0.5) is 19.0 Å². The molecule has 28 heavy (non-hydrogen) atoms. The molecule has 2 heterocycles. The highest BCUT2D eigenvalue weighted by atomic mass is 32.1. The van der Waals surface area contributed by atoms with Crippen LogP contribution < -0.4 is 5.32 Å². The monoisotopic (exact) mass is 403 g/mol. The standard InChI is InChI=1S/C20H16F3N3OS/c1-11-5-2-3-6-12(11)19(27)26-16-10-24-14(9-25-16)17-13-7-4-8-15(13)28-18(17)20(21,22)23/h2-3,5-6,9-10H,4,7-8H2,1H3,(H,25,26,27). The molecule has 0 bridgehead atoms. The van der Waals surface area contributed by atoms with E-state index in [1.165, 1.54) is 12.4 Å². The normalized spacial score (nSPS) is 13.4. The first-order valence-electron chi connectivity index (χ1n) is 8.75. The molecule has 0 radical (unpaired) electrons. The number of benzene rings is 1. The summed E-state index contributed by atoms with van der Waals surface area (Å²) in [4.78, 5) is 20.8. The molecular weight excluding hydrogens is 387 g/mol. The minimum atomic E-state index is -4.43. The van der Waals surface area contributed by atoms with Gasteiger partial charge in [-0.1, -0.05) is 18.2 Å². The van der Waals surface area contributed by atoms with E-state index in [2.05, 4.69) is 15.3 Å². The van der Waals surface area contributed by atoms with Crippen molar-refractivity contribution in [2.24, 2.45) is 0 Å². The van der Waals surface area contributed by atoms with Crippen molar-refractivity contribution in [3.8, 4) is 11.3 Å². The molecule has 1 N–H and O–H groups in total. The summed E-state index contributed by atoms with van der Waals surface area (Å²) >= 11 is 0.802. The lowest BCUT2D eigenvalue weighted by Crippen LogP contribution is -2.14. The van der Waals surface area contributed by atoms with Crippen molar-refractivity contribution in [3.05, 3.63) is 63.1 Å². The van der Waals surface area contributed by atoms with Gasteiger partial charge in [-0.2, -0.15) is 13.2 Å². The number of thiophene rings is 1. The number of hydrogen-bond donors (Lipinski definition) is 1. The van der Waals surface area contributed by atoms with Gasteiger partial charge in [-0.25, -0.2) is 4.98 Å². The average Bonchev–Trinajstić information content (AvgIpc) is 3.23. The molecular formula is C20H16F3N3OS. The Morgan fingerprint density at radius 2 is 1.93 bits per heavy atom. The van der Waals surface area contributed by atoms with Crippen LogP contribution in [0.5, 0.6) is 0 Å². The van der Waals surface area contributed by atoms with Crippen molar-refractivity contribution in [1.82, 2.24) is 9.97 Å². The molecule has 0 unspecified atom stereocenters. The molecule has 1 aliphatic rings. The van der Waals surface area contributed by atoms with Crippen molar-refractivity contribution in [1.29, 1.82) is 0 Å². The average molecular weight is 403 g/mol. The lowest BCUT2D eigenvalue weighted by atomic mass is 10.1. The summed E-state index contributed by atoms with van der Waals surface area (Å²) in [6.07, 6.45) is 0.299. The second-order valence-electron chi connectivity index (χ2n) is 6.62. The minimum absolute atomic E-state index is 0.134. The Bertz CT molecular complexity index is 1040. The van der Waals surface area contributed by atoms with Gasteiger partial charge in [0.25, 0.3) is 5.91 Å². The number of nitrogens with one attached hydrogen (secondary N) is 1. The first-order chi connectivity index (χ1) is 13.3. The smallest absolute Gasteiger partial charge is 0.305 e. The maximum atomic E-state index is 13.5. The van der Waals surface area contributed by atoms with E-state index in [1.54, 1.807) is 12.1 Å². The van der Waals surface area contributed by atoms with Crippen LogP contribution in [0.3, 0.4) is 0 Å². The molecule has 4 rings (SSSR count). The number of hydrogen-bond acceptors (Lipinski definition) is 4. The summed E-state index contributed by atoms with van der Waals surface area (Å²) in [7, 11) is 0. The molecule has 2 aromatic heterocycles. The van der Waals surface area contributed by atoms with E-state index >= 15 is 0 Å². The quantitative estimate of drug-likeness (QED) is 0.648. The first-order valence-corrected chi connectivity index (χ1v) is 9.57. The van der Waals surface area contributed by atoms with Gasteiger partial charge in [0.05, 0.1) is 18.1 Å². The van der Waals surface area contributed by atoms with Gasteiger partial charge in [-0.15, -0.1) is 11.3 Å². The molecule has 1 aromatic carbocycles. The van der Waals surface area contributed by atoms with E-state index in [0.29, 0.717) is 18.4 Å². The number of carbonyl (C=O) groups excluding carboxylic acids is 1. The van der Waals surface area contributed by atoms with Crippen LogP contribution in [-0.4, -0.2) is 15.9 Å². The Morgan fingerprint density at radius 3 is 2.61 bits per heavy atom. The number of aromatic nitrogens is 2. The number of carbonyl (C=O) groups is 1. The van der Waals surface area contributed by atoms with Crippen LogP contribution in [0.1, 0.15) is 37.7 Å². The molecule has 4 nitrogen and oxygen atoms in total. The molecule has 3 aromatic rings. The van der Waals surface area contributed by atoms with Gasteiger partial charge in [-0.05, 0) is 43.4 Å². The van der Waals surface area contributed by atoms with Crippen LogP contribution >= 0.6 is 11.3 Å². The fourth-order valence-corrected chi connectivity index (χ4v) is 4.67. The van der Waals surface area contributed by atoms with Crippen LogP contribution in [0.2, 0.25) is 0 Å². The van der Waals surface area contributed by atoms with Gasteiger partial charge in [0, 0.05) is 16.0 Å². The number of alkyl halides is 3. The molecule has 144 valence electrons. The number of halogens is 3. The van der Waals surface area contributed by atoms with Gasteiger partial charge < -0.3 is 5.32 Å². The lowest BCUT2D eigenvalue weighted by Gasteiger charge is -2.10. The van der Waals surface area contributed by atoms with Crippen molar-refractivity contribution < 1.29 is 18.0 Å². The third-order valence-electron chi connectivity index (χ3n) is 4.72. The fraction of sp³-hybridized carbons (Fsp3) is 0.250. The lowest BCUT2D eigenvalue weighted by molar-refractivity contribution is -0.133. The van der Waals surface area contributed by atoms with E-state index in [9.17, 15) is 18.0 Å². The summed E-state index contributed by atoms with van der Waals surface area (Å²) < 4.78 is 40.4. The van der Waals surface area contributed by atoms with Crippen LogP contribution in [0, 0.1) is 6.92 Å². The van der Waals surface area contributed by atoms with Crippen molar-refractivity contribution in [3.63, 3.8) is 0 Å². The largest absolute Gasteiger partial charge is 0.426 e. The van der Waals surface area contributed by atoms with Gasteiger partial charge in [0.15, 0.2) is 5.82 Å². The van der Waals surface area contributed by atoms with Crippen molar-refractivity contribution >= 4 is 23.1 Å². The topological polar surface area (TPSA) is 54.9 Å². The second-order valence-corrected chi connectivity index (χ2v) is 7.72. The number of anilines is 1. The van der Waals surface area contributed by atoms with Gasteiger partial charge in [0.1, 0.15) is 4.88 Å². The fourth-order valence-electron chi connectivity index (χ4n) is 3.41. The van der Waals surface area contributed by atoms with Crippen LogP contribution in [0.25, 0.3) is 11.3 Å². The second kappa shape index (κ2) is 7.01. The SMILES string of the molecule is Cc1ccccc1C(=O)Nc1cnc(-c2c(C(F)(F)F)sc3c2CCC3)cn1. The summed E-state index contributed by atoms with van der Waals surface area (Å²) in [5, 5.41) is 2.64. The van der Waals surface area contributed by atoms with E-state index in [-0.39, 0.29) is 23.0 Å². The maximum Gasteiger partial charge on any atom is 0.426 e. The minimum Gasteiger partial charge on any atom is -0.305 e. The zero-order valence-electron chi connectivity index (χ0n) is 14.9. The number of rotatable bonds is 3. The number of amides is 1. The Morgan fingerprint density at radius 1 is 1.14 bits per heavy atom. The summed E-state index contributed by atoms with van der Waals surface area (Å²) in [5.74, 6) is -0.148. The molecule has 0 saturated heterocycles. The summed E-state index contributed by atoms with van der Waals surface area (Å²) in [6.45, 7) is 1.82. The third-order valence-corrected chi connectivity index (χ3v) is 6.05. The molecule has 0 aliphatic heterocycles. The van der Waals surface area contributed by atoms with Crippen molar-refractivity contribution in [2.45, 2.75) is 32.4 Å². The molecule has 1 amide bonds. The van der Waals surface area contributed by atoms with E-state index in [0.717, 1.165) is 33.8 Å². The molecule has 0 fully saturated rings. The predicted molar refractivity (Wildman–Crippen MR) is 102 cm³/mol. The zero-order chi connectivity index (χ0) is 19.9. The van der Waals surface area contributed by atoms with Gasteiger partial charge >= 0.3 is 6.18 Å². The number of fused-ring (bicyclic) bond motifs is 1. The highest BCUT2D eigenvalue weighted by Gasteiger charge is 2.39. The molecule has 0 spiro atoms. The summed E-state index contributed by atoms with van der Waals surface area (Å²) in [6, 6.07) is 7.10. The summed E-state index contributed by atoms with van der Waals surface area (Å²) in [5.41, 5.74) is 2.36. The number of aryl methyl sites for hydroxylation is 2. The Balaban J connectivity index is 1.63. The molecule has 0 atom stereocenters. The maximum absolute atomic E-state index is 13.5. The van der Waals surface area contributed by atoms with Crippen LogP contribution in [0.15, 0.2) is 36.7 Å². The van der Waals surface area contributed by atoms with Gasteiger partial charge in [-0.3, -0.25) is 9.78 Å². The highest BCUT2D eigenvalue weighted by molar-refractivity contribution is 7.12. The molecule has 8 heteroatoms. The first kappa shape index (κ1) is 18.6. The Labute approximate surface area is 163 Å². The Hall–Kier alpha value is -2.74. The Kier molecular flexibility index (Phi) is 4.66. The van der Waals surface area contributed by atoms with Gasteiger partial charge in [0.2, 0.25) is 0 Å². The zero-order valence-corrected chi connectivity index (χ0v) is 15.7. The number of nitrogens with zero attached hydrogens (tertiary/aromatic N) is 2. The van der Waals surface area contributed by atoms with Crippen LogP contribution in [-0.2, 0) is 19.0 Å². The predicted octanol–water partition coefficient (Wildman–Crippen LogP) is 5.27. The highest BCUT2D eigenvalue weighted by Crippen LogP contribution is 2.47. The van der Waals surface area contributed by atoms with E-state index < -0.39 is 11.1 Å². The third kappa shape index (κ3) is 3.40. The molecule has 1 aliphatic carbocycles. The molecule has 0 saturated carbocycles.